The Morgan fingerprint density at radius 3 is 2.84 bits per heavy atom. The molecular formula is C21H25ClN4O6. The van der Waals surface area contributed by atoms with Crippen LogP contribution in [0.15, 0.2) is 48.4 Å². The van der Waals surface area contributed by atoms with E-state index in [9.17, 15) is 14.7 Å². The molecule has 1 aliphatic rings. The predicted octanol–water partition coefficient (Wildman–Crippen LogP) is 1.04. The minimum Gasteiger partial charge on any atom is -0.458 e. The molecule has 10 nitrogen and oxygen atoms in total. The molecule has 0 saturated carbocycles. The first kappa shape index (κ1) is 23.7. The van der Waals surface area contributed by atoms with Crippen LogP contribution in [0.2, 0.25) is 5.02 Å². The van der Waals surface area contributed by atoms with Crippen molar-refractivity contribution in [2.75, 3.05) is 32.2 Å². The largest absolute Gasteiger partial charge is 0.458 e. The molecule has 11 heteroatoms. The van der Waals surface area contributed by atoms with Gasteiger partial charge in [0.15, 0.2) is 5.82 Å². The summed E-state index contributed by atoms with van der Waals surface area (Å²) < 4.78 is 12.3. The average molecular weight is 465 g/mol. The van der Waals surface area contributed by atoms with Crippen LogP contribution in [0.1, 0.15) is 6.42 Å². The molecule has 3 rings (SSSR count). The van der Waals surface area contributed by atoms with Crippen molar-refractivity contribution < 1.29 is 29.3 Å². The molecule has 0 saturated heterocycles. The number of nitrogens with zero attached hydrogens (tertiary/aromatic N) is 3. The Labute approximate surface area is 190 Å². The maximum absolute atomic E-state index is 13.0. The van der Waals surface area contributed by atoms with Gasteiger partial charge in [-0.25, -0.2) is 0 Å². The molecule has 2 atom stereocenters. The number of aromatic nitrogens is 2. The Hall–Kier alpha value is -2.92. The Morgan fingerprint density at radius 1 is 1.34 bits per heavy atom. The fourth-order valence-corrected chi connectivity index (χ4v) is 3.35. The summed E-state index contributed by atoms with van der Waals surface area (Å²) in [6.45, 7) is 0.0444. The monoisotopic (exact) mass is 464 g/mol. The minimum absolute atomic E-state index is 0.0801. The van der Waals surface area contributed by atoms with Gasteiger partial charge >= 0.3 is 0 Å². The van der Waals surface area contributed by atoms with Gasteiger partial charge in [0.2, 0.25) is 5.91 Å². The van der Waals surface area contributed by atoms with Gasteiger partial charge in [0.05, 0.1) is 30.8 Å². The predicted molar refractivity (Wildman–Crippen MR) is 116 cm³/mol. The van der Waals surface area contributed by atoms with Gasteiger partial charge in [-0.3, -0.25) is 14.3 Å². The van der Waals surface area contributed by atoms with Crippen LogP contribution in [0.3, 0.4) is 0 Å². The zero-order valence-corrected chi connectivity index (χ0v) is 18.2. The number of amides is 2. The molecule has 0 radical (unpaired) electrons. The Morgan fingerprint density at radius 2 is 2.12 bits per heavy atom. The van der Waals surface area contributed by atoms with E-state index in [1.165, 1.54) is 22.8 Å². The van der Waals surface area contributed by atoms with Crippen LogP contribution in [0, 0.1) is 0 Å². The lowest BCUT2D eigenvalue weighted by molar-refractivity contribution is -0.134. The lowest BCUT2D eigenvalue weighted by Gasteiger charge is -2.26. The van der Waals surface area contributed by atoms with Crippen LogP contribution in [0.5, 0.6) is 5.75 Å². The summed E-state index contributed by atoms with van der Waals surface area (Å²) in [5, 5.41) is 25.7. The summed E-state index contributed by atoms with van der Waals surface area (Å²) >= 11 is 6.12. The summed E-state index contributed by atoms with van der Waals surface area (Å²) in [6, 6.07) is 7.65. The number of aliphatic hydroxyl groups is 2. The van der Waals surface area contributed by atoms with Crippen molar-refractivity contribution in [1.29, 1.82) is 0 Å². The summed E-state index contributed by atoms with van der Waals surface area (Å²) in [6.07, 6.45) is 2.21. The number of para-hydroxylation sites is 1. The molecule has 0 aliphatic carbocycles. The van der Waals surface area contributed by atoms with Crippen LogP contribution < -0.4 is 10.1 Å². The molecule has 1 aliphatic heterocycles. The maximum Gasteiger partial charge on any atom is 0.251 e. The fraction of sp³-hybridized carbons (Fsp3) is 0.381. The highest BCUT2D eigenvalue weighted by Crippen LogP contribution is 2.27. The van der Waals surface area contributed by atoms with Crippen molar-refractivity contribution in [2.24, 2.45) is 0 Å². The summed E-state index contributed by atoms with van der Waals surface area (Å²) in [7, 11) is 1.51. The van der Waals surface area contributed by atoms with Gasteiger partial charge in [-0.1, -0.05) is 23.7 Å². The molecule has 0 spiro atoms. The SMILES string of the molecule is COCC[C@@H](C(=O)Nc1ccn(C[C@@H](O)CO)n1)N1CC(Oc2ccccc2Cl)=CC1=O. The van der Waals surface area contributed by atoms with Crippen LogP contribution >= 0.6 is 11.6 Å². The normalized spacial score (nSPS) is 15.4. The van der Waals surface area contributed by atoms with Gasteiger partial charge in [0.1, 0.15) is 17.6 Å². The molecule has 2 aromatic rings. The fourth-order valence-electron chi connectivity index (χ4n) is 3.18. The Balaban J connectivity index is 1.67. The van der Waals surface area contributed by atoms with E-state index in [1.807, 2.05) is 0 Å². The smallest absolute Gasteiger partial charge is 0.251 e. The van der Waals surface area contributed by atoms with Gasteiger partial charge in [-0.15, -0.1) is 0 Å². The second-order valence-electron chi connectivity index (χ2n) is 7.16. The topological polar surface area (TPSA) is 126 Å². The van der Waals surface area contributed by atoms with E-state index in [0.29, 0.717) is 16.5 Å². The number of hydrogen-bond donors (Lipinski definition) is 3. The summed E-state index contributed by atoms with van der Waals surface area (Å²) in [5.74, 6) is 0.259. The molecule has 0 unspecified atom stereocenters. The Kier molecular flexibility index (Phi) is 8.23. The van der Waals surface area contributed by atoms with Crippen molar-refractivity contribution in [3.05, 3.63) is 53.4 Å². The number of nitrogens with one attached hydrogen (secondary N) is 1. The number of hydrogen-bond acceptors (Lipinski definition) is 7. The van der Waals surface area contributed by atoms with Crippen molar-refractivity contribution in [2.45, 2.75) is 25.1 Å². The first-order chi connectivity index (χ1) is 15.4. The van der Waals surface area contributed by atoms with Gasteiger partial charge in [-0.2, -0.15) is 5.10 Å². The number of rotatable bonds is 11. The Bertz CT molecular complexity index is 979. The lowest BCUT2D eigenvalue weighted by atomic mass is 10.1. The zero-order chi connectivity index (χ0) is 23.1. The molecule has 1 aromatic carbocycles. The molecule has 0 fully saturated rings. The standard InChI is InChI=1S/C21H25ClN4O6/c1-31-9-7-17(21(30)23-19-6-8-25(24-19)11-14(28)13-27)26-12-15(10-20(26)29)32-18-5-3-2-4-16(18)22/h2-6,8,10,14,17,27-28H,7,9,11-13H2,1H3,(H,23,24,30)/t14-,17+/m1/s1. The molecule has 32 heavy (non-hydrogen) atoms. The molecule has 1 aromatic heterocycles. The van der Waals surface area contributed by atoms with E-state index in [0.717, 1.165) is 0 Å². The van der Waals surface area contributed by atoms with E-state index in [4.69, 9.17) is 26.2 Å². The third-order valence-electron chi connectivity index (χ3n) is 4.75. The first-order valence-corrected chi connectivity index (χ1v) is 10.3. The number of aliphatic hydroxyl groups excluding tert-OH is 2. The molecular weight excluding hydrogens is 440 g/mol. The van der Waals surface area contributed by atoms with Crippen molar-refractivity contribution in [1.82, 2.24) is 14.7 Å². The van der Waals surface area contributed by atoms with Crippen LogP contribution in [0.25, 0.3) is 0 Å². The number of carbonyl (C=O) groups is 2. The molecule has 2 heterocycles. The quantitative estimate of drug-likeness (QED) is 0.453. The number of ether oxygens (including phenoxy) is 2. The van der Waals surface area contributed by atoms with E-state index < -0.39 is 24.7 Å². The van der Waals surface area contributed by atoms with E-state index in [1.54, 1.807) is 36.5 Å². The minimum atomic E-state index is -0.960. The van der Waals surface area contributed by atoms with Crippen LogP contribution in [0.4, 0.5) is 5.82 Å². The highest BCUT2D eigenvalue weighted by molar-refractivity contribution is 6.32. The zero-order valence-electron chi connectivity index (χ0n) is 17.5. The van der Waals surface area contributed by atoms with E-state index in [2.05, 4.69) is 10.4 Å². The molecule has 172 valence electrons. The van der Waals surface area contributed by atoms with Crippen molar-refractivity contribution in [3.63, 3.8) is 0 Å². The van der Waals surface area contributed by atoms with Gasteiger partial charge in [0.25, 0.3) is 5.91 Å². The highest BCUT2D eigenvalue weighted by Gasteiger charge is 2.34. The number of halogens is 1. The number of methoxy groups -OCH3 is 1. The van der Waals surface area contributed by atoms with E-state index >= 15 is 0 Å². The number of benzene rings is 1. The second kappa shape index (κ2) is 11.1. The molecule has 2 amide bonds. The second-order valence-corrected chi connectivity index (χ2v) is 7.56. The average Bonchev–Trinajstić information content (AvgIpc) is 3.36. The third kappa shape index (κ3) is 6.07. The summed E-state index contributed by atoms with van der Waals surface area (Å²) in [5.41, 5.74) is 0. The first-order valence-electron chi connectivity index (χ1n) is 9.97. The highest BCUT2D eigenvalue weighted by atomic mass is 35.5. The molecule has 3 N–H and O–H groups in total. The lowest BCUT2D eigenvalue weighted by Crippen LogP contribution is -2.46. The van der Waals surface area contributed by atoms with Gasteiger partial charge < -0.3 is 29.9 Å². The summed E-state index contributed by atoms with van der Waals surface area (Å²) in [4.78, 5) is 27.0. The number of anilines is 1. The van der Waals surface area contributed by atoms with Gasteiger partial charge in [0, 0.05) is 38.5 Å². The van der Waals surface area contributed by atoms with Crippen molar-refractivity contribution in [3.8, 4) is 5.75 Å². The maximum atomic E-state index is 13.0. The van der Waals surface area contributed by atoms with Crippen LogP contribution in [-0.4, -0.2) is 75.7 Å². The van der Waals surface area contributed by atoms with Crippen LogP contribution in [-0.2, 0) is 20.9 Å². The van der Waals surface area contributed by atoms with Crippen molar-refractivity contribution >= 4 is 29.2 Å². The van der Waals surface area contributed by atoms with E-state index in [-0.39, 0.29) is 37.8 Å². The number of carbonyl (C=O) groups excluding carboxylic acids is 2. The molecule has 0 bridgehead atoms. The van der Waals surface area contributed by atoms with Gasteiger partial charge in [-0.05, 0) is 12.1 Å². The third-order valence-corrected chi connectivity index (χ3v) is 5.06.